The molecule has 21 heavy (non-hydrogen) atoms. The van der Waals surface area contributed by atoms with Crippen molar-refractivity contribution in [3.63, 3.8) is 0 Å². The van der Waals surface area contributed by atoms with E-state index in [1.165, 1.54) is 0 Å². The highest BCUT2D eigenvalue weighted by atomic mass is 16.4. The Labute approximate surface area is 118 Å². The summed E-state index contributed by atoms with van der Waals surface area (Å²) in [6.07, 6.45) is -0.661. The van der Waals surface area contributed by atoms with Crippen LogP contribution in [0.1, 0.15) is 5.56 Å². The Morgan fingerprint density at radius 1 is 1.14 bits per heavy atom. The number of carbonyl (C=O) groups is 3. The van der Waals surface area contributed by atoms with Crippen molar-refractivity contribution in [3.8, 4) is 0 Å². The van der Waals surface area contributed by atoms with Gasteiger partial charge in [0.25, 0.3) is 5.78 Å². The van der Waals surface area contributed by atoms with Crippen molar-refractivity contribution >= 4 is 28.6 Å². The second-order valence-corrected chi connectivity index (χ2v) is 4.62. The number of benzene rings is 1. The fourth-order valence-corrected chi connectivity index (χ4v) is 2.18. The molecule has 4 N–H and O–H groups in total. The van der Waals surface area contributed by atoms with Gasteiger partial charge < -0.3 is 20.3 Å². The molecule has 0 bridgehead atoms. The van der Waals surface area contributed by atoms with E-state index in [4.69, 9.17) is 10.2 Å². The number of fused-ring (bicyclic) bond motifs is 1. The second-order valence-electron chi connectivity index (χ2n) is 4.62. The first-order valence-corrected chi connectivity index (χ1v) is 6.14. The van der Waals surface area contributed by atoms with E-state index in [2.05, 4.69) is 4.98 Å². The first kappa shape index (κ1) is 14.7. The van der Waals surface area contributed by atoms with Crippen molar-refractivity contribution in [2.75, 3.05) is 0 Å². The lowest BCUT2D eigenvalue weighted by atomic mass is 9.91. The smallest absolute Gasteiger partial charge is 0.375 e. The number of aliphatic carboxylic acids is 2. The third-order valence-electron chi connectivity index (χ3n) is 3.29. The fourth-order valence-electron chi connectivity index (χ4n) is 2.18. The lowest BCUT2D eigenvalue weighted by Crippen LogP contribution is -2.39. The zero-order valence-electron chi connectivity index (χ0n) is 10.8. The van der Waals surface area contributed by atoms with Crippen LogP contribution < -0.4 is 0 Å². The number of aliphatic hydroxyl groups excluding tert-OH is 1. The van der Waals surface area contributed by atoms with Crippen LogP contribution in [-0.4, -0.2) is 44.1 Å². The Balaban J connectivity index is 2.30. The Morgan fingerprint density at radius 2 is 1.81 bits per heavy atom. The maximum Gasteiger partial charge on any atom is 0.375 e. The van der Waals surface area contributed by atoms with E-state index >= 15 is 0 Å². The van der Waals surface area contributed by atoms with E-state index < -0.39 is 29.7 Å². The Kier molecular flexibility index (Phi) is 4.04. The number of nitrogens with one attached hydrogen (secondary N) is 1. The minimum absolute atomic E-state index is 0.153. The molecule has 2 rings (SSSR count). The summed E-state index contributed by atoms with van der Waals surface area (Å²) >= 11 is 0. The van der Waals surface area contributed by atoms with Crippen LogP contribution in [0.4, 0.5) is 0 Å². The molecule has 2 aromatic rings. The van der Waals surface area contributed by atoms with Crippen LogP contribution >= 0.6 is 0 Å². The summed E-state index contributed by atoms with van der Waals surface area (Å²) < 4.78 is 0. The number of carbonyl (C=O) groups excluding carboxylic acids is 1. The van der Waals surface area contributed by atoms with Crippen LogP contribution in [0.25, 0.3) is 10.9 Å². The summed E-state index contributed by atoms with van der Waals surface area (Å²) in [6, 6.07) is 7.15. The van der Waals surface area contributed by atoms with Gasteiger partial charge in [-0.05, 0) is 18.1 Å². The van der Waals surface area contributed by atoms with Crippen LogP contribution in [0.5, 0.6) is 0 Å². The lowest BCUT2D eigenvalue weighted by molar-refractivity contribution is -0.158. The zero-order chi connectivity index (χ0) is 15.6. The maximum atomic E-state index is 11.3. The first-order chi connectivity index (χ1) is 9.91. The minimum atomic E-state index is -2.09. The monoisotopic (exact) mass is 291 g/mol. The predicted octanol–water partition coefficient (Wildman–Crippen LogP) is 0.426. The highest BCUT2D eigenvalue weighted by Gasteiger charge is 2.35. The van der Waals surface area contributed by atoms with Crippen LogP contribution in [0.15, 0.2) is 30.5 Å². The molecular weight excluding hydrogens is 278 g/mol. The quantitative estimate of drug-likeness (QED) is 0.571. The minimum Gasteiger partial charge on any atom is -0.481 e. The van der Waals surface area contributed by atoms with Gasteiger partial charge in [0.1, 0.15) is 6.10 Å². The number of carboxylic acids is 2. The van der Waals surface area contributed by atoms with Gasteiger partial charge in [-0.15, -0.1) is 0 Å². The molecule has 1 aromatic heterocycles. The highest BCUT2D eigenvalue weighted by Crippen LogP contribution is 2.22. The van der Waals surface area contributed by atoms with Gasteiger partial charge in [-0.3, -0.25) is 9.59 Å². The molecule has 7 heteroatoms. The number of aromatic amines is 1. The number of para-hydroxylation sites is 1. The number of ketones is 1. The van der Waals surface area contributed by atoms with Crippen molar-refractivity contribution in [3.05, 3.63) is 36.0 Å². The molecule has 0 spiro atoms. The average molecular weight is 291 g/mol. The van der Waals surface area contributed by atoms with Gasteiger partial charge in [0, 0.05) is 17.1 Å². The number of hydrogen-bond donors (Lipinski definition) is 4. The van der Waals surface area contributed by atoms with E-state index in [9.17, 15) is 19.5 Å². The molecule has 0 amide bonds. The van der Waals surface area contributed by atoms with E-state index in [-0.39, 0.29) is 6.42 Å². The van der Waals surface area contributed by atoms with Gasteiger partial charge in [-0.25, -0.2) is 4.79 Å². The molecule has 7 nitrogen and oxygen atoms in total. The van der Waals surface area contributed by atoms with Gasteiger partial charge in [0.2, 0.25) is 0 Å². The normalized spacial score (nSPS) is 13.8. The van der Waals surface area contributed by atoms with Gasteiger partial charge in [-0.1, -0.05) is 18.2 Å². The number of hydrogen-bond acceptors (Lipinski definition) is 4. The fraction of sp³-hybridized carbons (Fsp3) is 0.214. The molecule has 110 valence electrons. The molecule has 0 saturated carbocycles. The summed E-state index contributed by atoms with van der Waals surface area (Å²) in [5.41, 5.74) is 1.38. The van der Waals surface area contributed by atoms with E-state index in [1.54, 1.807) is 30.5 Å². The third kappa shape index (κ3) is 2.92. The second kappa shape index (κ2) is 5.76. The van der Waals surface area contributed by atoms with E-state index in [0.717, 1.165) is 10.9 Å². The largest absolute Gasteiger partial charge is 0.481 e. The molecule has 1 heterocycles. The summed E-state index contributed by atoms with van der Waals surface area (Å²) in [5, 5.41) is 28.1. The maximum absolute atomic E-state index is 11.3. The molecule has 2 unspecified atom stereocenters. The predicted molar refractivity (Wildman–Crippen MR) is 71.8 cm³/mol. The number of aliphatic hydroxyl groups is 1. The van der Waals surface area contributed by atoms with E-state index in [0.29, 0.717) is 5.56 Å². The molecule has 2 atom stereocenters. The summed E-state index contributed by atoms with van der Waals surface area (Å²) in [6.45, 7) is 0. The molecular formula is C14H13NO6. The van der Waals surface area contributed by atoms with Gasteiger partial charge >= 0.3 is 11.9 Å². The van der Waals surface area contributed by atoms with Crippen LogP contribution in [0.2, 0.25) is 0 Å². The standard InChI is InChI=1S/C14H13NO6/c16-11(12(17)14(20)21)9(13(18)19)5-7-6-15-10-4-2-1-3-8(7)10/h1-4,6,9,11,15-16H,5H2,(H,18,19)(H,20,21). The molecule has 0 radical (unpaired) electrons. The number of carboxylic acid groups (broad SMARTS) is 2. The van der Waals surface area contributed by atoms with Gasteiger partial charge in [0.15, 0.2) is 0 Å². The van der Waals surface area contributed by atoms with Gasteiger partial charge in [0.05, 0.1) is 5.92 Å². The number of rotatable bonds is 6. The zero-order valence-corrected chi connectivity index (χ0v) is 10.8. The first-order valence-electron chi connectivity index (χ1n) is 6.14. The van der Waals surface area contributed by atoms with Crippen molar-refractivity contribution in [1.82, 2.24) is 4.98 Å². The summed E-state index contributed by atoms with van der Waals surface area (Å²) in [5.74, 6) is -6.33. The molecule has 1 aromatic carbocycles. The Morgan fingerprint density at radius 3 is 2.43 bits per heavy atom. The SMILES string of the molecule is O=C(O)C(=O)C(O)C(Cc1c[nH]c2ccccc12)C(=O)O. The molecule has 0 aliphatic carbocycles. The van der Waals surface area contributed by atoms with Crippen molar-refractivity contribution < 1.29 is 29.7 Å². The molecule has 0 saturated heterocycles. The Bertz CT molecular complexity index is 704. The molecule has 0 fully saturated rings. The molecule has 0 aliphatic rings. The number of aromatic nitrogens is 1. The van der Waals surface area contributed by atoms with Crippen molar-refractivity contribution in [2.24, 2.45) is 5.92 Å². The van der Waals surface area contributed by atoms with E-state index in [1.807, 2.05) is 0 Å². The van der Waals surface area contributed by atoms with Crippen LogP contribution in [0, 0.1) is 5.92 Å². The Hall–Kier alpha value is -2.67. The summed E-state index contributed by atoms with van der Waals surface area (Å²) in [7, 11) is 0. The topological polar surface area (TPSA) is 128 Å². The van der Waals surface area contributed by atoms with Crippen molar-refractivity contribution in [2.45, 2.75) is 12.5 Å². The lowest BCUT2D eigenvalue weighted by Gasteiger charge is -2.16. The molecule has 0 aliphatic heterocycles. The van der Waals surface area contributed by atoms with Crippen LogP contribution in [0.3, 0.4) is 0 Å². The van der Waals surface area contributed by atoms with Crippen molar-refractivity contribution in [1.29, 1.82) is 0 Å². The summed E-state index contributed by atoms with van der Waals surface area (Å²) in [4.78, 5) is 36.0. The van der Waals surface area contributed by atoms with Crippen LogP contribution in [-0.2, 0) is 20.8 Å². The number of Topliss-reactive ketones (excluding diaryl/α,β-unsaturated/α-hetero) is 1. The average Bonchev–Trinajstić information content (AvgIpc) is 2.86. The van der Waals surface area contributed by atoms with Gasteiger partial charge in [-0.2, -0.15) is 0 Å². The highest BCUT2D eigenvalue weighted by molar-refractivity contribution is 6.34. The third-order valence-corrected chi connectivity index (χ3v) is 3.29. The number of H-pyrrole nitrogens is 1.